The van der Waals surface area contributed by atoms with Gasteiger partial charge in [-0.05, 0) is 18.3 Å². The van der Waals surface area contributed by atoms with Crippen LogP contribution in [0.2, 0.25) is 0 Å². The van der Waals surface area contributed by atoms with E-state index in [9.17, 15) is 28.2 Å². The highest BCUT2D eigenvalue weighted by Crippen LogP contribution is 2.22. The van der Waals surface area contributed by atoms with Gasteiger partial charge in [-0.25, -0.2) is 17.7 Å². The Bertz CT molecular complexity index is 840. The zero-order valence-corrected chi connectivity index (χ0v) is 20.5. The van der Waals surface area contributed by atoms with Crippen molar-refractivity contribution in [2.75, 3.05) is 24.2 Å². The summed E-state index contributed by atoms with van der Waals surface area (Å²) in [6.07, 6.45) is -1.63. The molecule has 3 atom stereocenters. The first-order valence-corrected chi connectivity index (χ1v) is 12.8. The van der Waals surface area contributed by atoms with Gasteiger partial charge in [-0.1, -0.05) is 27.7 Å². The molecule has 31 heavy (non-hydrogen) atoms. The molecule has 0 unspecified atom stereocenters. The van der Waals surface area contributed by atoms with Gasteiger partial charge in [-0.3, -0.25) is 9.59 Å². The molecule has 10 nitrogen and oxygen atoms in total. The lowest BCUT2D eigenvalue weighted by Gasteiger charge is -2.28. The number of aromatic nitrogens is 1. The number of aliphatic hydroxyl groups excluding tert-OH is 2. The Labute approximate surface area is 188 Å². The van der Waals surface area contributed by atoms with Gasteiger partial charge in [0.2, 0.25) is 15.9 Å². The van der Waals surface area contributed by atoms with E-state index in [0.717, 1.165) is 21.9 Å². The first kappa shape index (κ1) is 27.3. The number of amides is 2. The van der Waals surface area contributed by atoms with Crippen LogP contribution >= 0.6 is 11.3 Å². The number of nitrogens with zero attached hydrogens (tertiary/aromatic N) is 2. The standard InChI is InChI=1S/C19H34N4O6S2/c1-11(2)7-13(17(26)15(24)8-16(25)20-9-12(3)4)21-18(27)14-10-30-19(22-14)23(5)31(6,28)29/h10-13,15,17,24,26H,7-9H2,1-6H3,(H,20,25)(H,21,27)/t13-,15+,17+/m0/s1. The monoisotopic (exact) mass is 478 g/mol. The summed E-state index contributed by atoms with van der Waals surface area (Å²) in [7, 11) is -2.18. The molecule has 0 fully saturated rings. The summed E-state index contributed by atoms with van der Waals surface area (Å²) in [6, 6.07) is -0.821. The second-order valence-corrected chi connectivity index (χ2v) is 11.3. The molecule has 178 valence electrons. The molecule has 0 bridgehead atoms. The zero-order valence-electron chi connectivity index (χ0n) is 18.8. The van der Waals surface area contributed by atoms with Gasteiger partial charge >= 0.3 is 0 Å². The van der Waals surface area contributed by atoms with Crippen molar-refractivity contribution in [3.63, 3.8) is 0 Å². The van der Waals surface area contributed by atoms with Crippen LogP contribution in [0.5, 0.6) is 0 Å². The second-order valence-electron chi connectivity index (χ2n) is 8.42. The SMILES string of the molecule is CC(C)CNC(=O)C[C@@H](O)[C@H](O)[C@H](CC(C)C)NC(=O)c1csc(N(C)S(C)(=O)=O)n1. The van der Waals surface area contributed by atoms with Gasteiger partial charge in [0.25, 0.3) is 5.91 Å². The lowest BCUT2D eigenvalue weighted by molar-refractivity contribution is -0.125. The number of thiazole rings is 1. The van der Waals surface area contributed by atoms with E-state index in [1.165, 1.54) is 12.4 Å². The molecule has 1 rings (SSSR count). The maximum absolute atomic E-state index is 12.6. The minimum atomic E-state index is -3.52. The second kappa shape index (κ2) is 11.7. The molecular formula is C19H34N4O6S2. The van der Waals surface area contributed by atoms with Gasteiger partial charge in [-0.2, -0.15) is 0 Å². The Kier molecular flexibility index (Phi) is 10.3. The third kappa shape index (κ3) is 9.09. The van der Waals surface area contributed by atoms with Gasteiger partial charge in [0.15, 0.2) is 5.13 Å². The Balaban J connectivity index is 2.86. The molecule has 2 amide bonds. The van der Waals surface area contributed by atoms with Gasteiger partial charge < -0.3 is 20.8 Å². The summed E-state index contributed by atoms with van der Waals surface area (Å²) in [6.45, 7) is 8.14. The van der Waals surface area contributed by atoms with Crippen LogP contribution in [0.3, 0.4) is 0 Å². The van der Waals surface area contributed by atoms with Crippen LogP contribution in [-0.2, 0) is 14.8 Å². The summed E-state index contributed by atoms with van der Waals surface area (Å²) in [5, 5.41) is 27.8. The van der Waals surface area contributed by atoms with Gasteiger partial charge in [-0.15, -0.1) is 11.3 Å². The zero-order chi connectivity index (χ0) is 23.9. The maximum atomic E-state index is 12.6. The largest absolute Gasteiger partial charge is 0.390 e. The van der Waals surface area contributed by atoms with E-state index in [0.29, 0.717) is 13.0 Å². The highest BCUT2D eigenvalue weighted by molar-refractivity contribution is 7.92. The molecule has 0 saturated heterocycles. The van der Waals surface area contributed by atoms with E-state index >= 15 is 0 Å². The number of nitrogens with one attached hydrogen (secondary N) is 2. The fraction of sp³-hybridized carbons (Fsp3) is 0.737. The van der Waals surface area contributed by atoms with Crippen molar-refractivity contribution in [2.24, 2.45) is 11.8 Å². The molecule has 12 heteroatoms. The molecule has 0 spiro atoms. The highest BCUT2D eigenvalue weighted by Gasteiger charge is 2.31. The highest BCUT2D eigenvalue weighted by atomic mass is 32.2. The lowest BCUT2D eigenvalue weighted by atomic mass is 9.94. The fourth-order valence-electron chi connectivity index (χ4n) is 2.66. The predicted molar refractivity (Wildman–Crippen MR) is 121 cm³/mol. The van der Waals surface area contributed by atoms with Crippen molar-refractivity contribution in [1.29, 1.82) is 0 Å². The summed E-state index contributed by atoms with van der Waals surface area (Å²) >= 11 is 0.995. The van der Waals surface area contributed by atoms with E-state index < -0.39 is 34.2 Å². The number of hydrogen-bond acceptors (Lipinski definition) is 8. The minimum absolute atomic E-state index is 0.000576. The average molecular weight is 479 g/mol. The Morgan fingerprint density at radius 1 is 1.19 bits per heavy atom. The summed E-state index contributed by atoms with van der Waals surface area (Å²) in [5.74, 6) is -0.651. The topological polar surface area (TPSA) is 149 Å². The van der Waals surface area contributed by atoms with Crippen LogP contribution < -0.4 is 14.9 Å². The van der Waals surface area contributed by atoms with Crippen LogP contribution in [-0.4, -0.2) is 73.5 Å². The van der Waals surface area contributed by atoms with Crippen molar-refractivity contribution in [2.45, 2.75) is 58.8 Å². The predicted octanol–water partition coefficient (Wildman–Crippen LogP) is 0.568. The number of aliphatic hydroxyl groups is 2. The smallest absolute Gasteiger partial charge is 0.271 e. The van der Waals surface area contributed by atoms with Gasteiger partial charge in [0.05, 0.1) is 24.8 Å². The van der Waals surface area contributed by atoms with E-state index in [4.69, 9.17) is 0 Å². The first-order valence-electron chi connectivity index (χ1n) is 10.1. The molecule has 0 aliphatic carbocycles. The van der Waals surface area contributed by atoms with Gasteiger partial charge in [0.1, 0.15) is 11.8 Å². The molecule has 0 aliphatic rings. The van der Waals surface area contributed by atoms with Crippen molar-refractivity contribution >= 4 is 38.3 Å². The van der Waals surface area contributed by atoms with E-state index in [2.05, 4.69) is 15.6 Å². The average Bonchev–Trinajstić information content (AvgIpc) is 3.13. The number of carbonyl (C=O) groups is 2. The number of anilines is 1. The van der Waals surface area contributed by atoms with E-state index in [1.807, 2.05) is 27.7 Å². The van der Waals surface area contributed by atoms with E-state index in [1.54, 1.807) is 0 Å². The van der Waals surface area contributed by atoms with Gasteiger partial charge in [0, 0.05) is 19.0 Å². The normalized spacial score (nSPS) is 14.9. The summed E-state index contributed by atoms with van der Waals surface area (Å²) in [5.41, 5.74) is 0.000576. The minimum Gasteiger partial charge on any atom is -0.390 e. The third-order valence-corrected chi connectivity index (χ3v) is 6.64. The summed E-state index contributed by atoms with van der Waals surface area (Å²) < 4.78 is 24.3. The number of sulfonamides is 1. The van der Waals surface area contributed by atoms with Crippen LogP contribution in [0.25, 0.3) is 0 Å². The third-order valence-electron chi connectivity index (χ3n) is 4.44. The molecular weight excluding hydrogens is 444 g/mol. The van der Waals surface area contributed by atoms with Crippen molar-refractivity contribution in [3.8, 4) is 0 Å². The first-order chi connectivity index (χ1) is 14.2. The number of rotatable bonds is 12. The fourth-order valence-corrected chi connectivity index (χ4v) is 4.19. The van der Waals surface area contributed by atoms with Crippen molar-refractivity contribution in [1.82, 2.24) is 15.6 Å². The molecule has 1 heterocycles. The Morgan fingerprint density at radius 2 is 1.81 bits per heavy atom. The summed E-state index contributed by atoms with van der Waals surface area (Å²) in [4.78, 5) is 28.7. The Hall–Kier alpha value is -1.76. The van der Waals surface area contributed by atoms with Crippen LogP contribution in [0.4, 0.5) is 5.13 Å². The molecule has 0 aromatic carbocycles. The van der Waals surface area contributed by atoms with Crippen LogP contribution in [0.1, 0.15) is 51.0 Å². The van der Waals surface area contributed by atoms with Crippen LogP contribution in [0, 0.1) is 11.8 Å². The molecule has 1 aromatic heterocycles. The molecule has 0 saturated carbocycles. The molecule has 4 N–H and O–H groups in total. The molecule has 0 radical (unpaired) electrons. The van der Waals surface area contributed by atoms with Crippen molar-refractivity contribution in [3.05, 3.63) is 11.1 Å². The quantitative estimate of drug-likeness (QED) is 0.343. The van der Waals surface area contributed by atoms with Crippen LogP contribution in [0.15, 0.2) is 5.38 Å². The molecule has 0 aliphatic heterocycles. The Morgan fingerprint density at radius 3 is 2.32 bits per heavy atom. The molecule has 1 aromatic rings. The maximum Gasteiger partial charge on any atom is 0.271 e. The lowest BCUT2D eigenvalue weighted by Crippen LogP contribution is -2.50. The number of hydrogen-bond donors (Lipinski definition) is 4. The van der Waals surface area contributed by atoms with Crippen molar-refractivity contribution < 1.29 is 28.2 Å². The van der Waals surface area contributed by atoms with E-state index in [-0.39, 0.29) is 35.0 Å². The number of carbonyl (C=O) groups excluding carboxylic acids is 2.